The number of carbonyl (C=O) groups excluding carboxylic acids is 3. The number of furan rings is 1. The molecule has 8 nitrogen and oxygen atoms in total. The topological polar surface area (TPSA) is 101 Å². The van der Waals surface area contributed by atoms with Crippen molar-refractivity contribution in [3.05, 3.63) is 124 Å². The fourth-order valence-electron chi connectivity index (χ4n) is 4.42. The van der Waals surface area contributed by atoms with Gasteiger partial charge in [0.1, 0.15) is 5.76 Å². The van der Waals surface area contributed by atoms with Crippen molar-refractivity contribution < 1.29 is 23.5 Å². The molecule has 0 radical (unpaired) electrons. The molecule has 2 atom stereocenters. The van der Waals surface area contributed by atoms with Crippen LogP contribution in [0, 0.1) is 6.92 Å². The predicted octanol–water partition coefficient (Wildman–Crippen LogP) is 5.87. The summed E-state index contributed by atoms with van der Waals surface area (Å²) in [4.78, 5) is 40.8. The van der Waals surface area contributed by atoms with E-state index < -0.39 is 18.2 Å². The van der Waals surface area contributed by atoms with E-state index in [0.29, 0.717) is 27.6 Å². The molecule has 2 N–H and O–H groups in total. The third-order valence-electron chi connectivity index (χ3n) is 6.40. The molecule has 39 heavy (non-hydrogen) atoms. The molecule has 1 aromatic heterocycles. The summed E-state index contributed by atoms with van der Waals surface area (Å²) in [5.74, 6) is -0.143. The average Bonchev–Trinajstić information content (AvgIpc) is 3.57. The third-order valence-corrected chi connectivity index (χ3v) is 6.64. The van der Waals surface area contributed by atoms with Gasteiger partial charge in [-0.15, -0.1) is 0 Å². The molecular formula is C30H26ClN3O5. The van der Waals surface area contributed by atoms with E-state index in [9.17, 15) is 14.4 Å². The van der Waals surface area contributed by atoms with E-state index in [0.717, 1.165) is 11.1 Å². The van der Waals surface area contributed by atoms with Gasteiger partial charge in [-0.3, -0.25) is 14.5 Å². The Morgan fingerprint density at radius 3 is 2.51 bits per heavy atom. The Morgan fingerprint density at radius 2 is 1.77 bits per heavy atom. The molecule has 1 fully saturated rings. The van der Waals surface area contributed by atoms with Crippen LogP contribution in [0.4, 0.5) is 10.5 Å². The zero-order valence-electron chi connectivity index (χ0n) is 21.1. The molecule has 0 saturated carbocycles. The number of rotatable bonds is 8. The molecule has 0 bridgehead atoms. The Balaban J connectivity index is 1.40. The van der Waals surface area contributed by atoms with Crippen LogP contribution in [0.2, 0.25) is 5.02 Å². The number of nitrogens with zero attached hydrogens (tertiary/aromatic N) is 1. The van der Waals surface area contributed by atoms with Crippen molar-refractivity contribution in [2.75, 3.05) is 5.32 Å². The first-order valence-corrected chi connectivity index (χ1v) is 12.7. The lowest BCUT2D eigenvalue weighted by atomic mass is 10.00. The monoisotopic (exact) mass is 543 g/mol. The van der Waals surface area contributed by atoms with Crippen molar-refractivity contribution in [3.8, 4) is 0 Å². The molecule has 9 heteroatoms. The molecule has 5 rings (SSSR count). The minimum absolute atomic E-state index is 0.164. The molecule has 1 aliphatic rings. The van der Waals surface area contributed by atoms with Crippen LogP contribution in [0.3, 0.4) is 0 Å². The van der Waals surface area contributed by atoms with Crippen LogP contribution in [-0.4, -0.2) is 28.8 Å². The Bertz CT molecular complexity index is 1490. The zero-order valence-corrected chi connectivity index (χ0v) is 21.9. The second-order valence-corrected chi connectivity index (χ2v) is 9.69. The summed E-state index contributed by atoms with van der Waals surface area (Å²) in [6.07, 6.45) is 0.0222. The number of halogens is 1. The van der Waals surface area contributed by atoms with Crippen LogP contribution in [0.15, 0.2) is 95.6 Å². The minimum Gasteiger partial charge on any atom is -0.467 e. The van der Waals surface area contributed by atoms with E-state index in [1.54, 1.807) is 60.7 Å². The van der Waals surface area contributed by atoms with E-state index in [4.69, 9.17) is 20.8 Å². The van der Waals surface area contributed by atoms with Gasteiger partial charge in [-0.1, -0.05) is 59.6 Å². The largest absolute Gasteiger partial charge is 0.467 e. The molecule has 1 saturated heterocycles. The van der Waals surface area contributed by atoms with Gasteiger partial charge in [-0.25, -0.2) is 4.79 Å². The van der Waals surface area contributed by atoms with Crippen molar-refractivity contribution >= 4 is 35.2 Å². The van der Waals surface area contributed by atoms with Gasteiger partial charge in [-0.2, -0.15) is 0 Å². The van der Waals surface area contributed by atoms with Crippen molar-refractivity contribution in [3.63, 3.8) is 0 Å². The highest BCUT2D eigenvalue weighted by atomic mass is 35.5. The fraction of sp³-hybridized carbons (Fsp3) is 0.167. The van der Waals surface area contributed by atoms with E-state index in [2.05, 4.69) is 10.6 Å². The Kier molecular flexibility index (Phi) is 7.65. The second-order valence-electron chi connectivity index (χ2n) is 9.25. The number of nitrogens with one attached hydrogen (secondary N) is 2. The maximum Gasteiger partial charge on any atom is 0.411 e. The van der Waals surface area contributed by atoms with Crippen LogP contribution >= 0.6 is 11.6 Å². The normalized spacial score (nSPS) is 16.6. The van der Waals surface area contributed by atoms with Crippen LogP contribution in [0.1, 0.15) is 38.9 Å². The number of hydrogen-bond acceptors (Lipinski definition) is 5. The van der Waals surface area contributed by atoms with Gasteiger partial charge >= 0.3 is 6.09 Å². The van der Waals surface area contributed by atoms with Crippen LogP contribution < -0.4 is 10.6 Å². The van der Waals surface area contributed by atoms with Gasteiger partial charge < -0.3 is 19.8 Å². The summed E-state index contributed by atoms with van der Waals surface area (Å²) >= 11 is 6.02. The summed E-state index contributed by atoms with van der Waals surface area (Å²) in [5, 5.41) is 6.15. The molecule has 1 aliphatic heterocycles. The lowest BCUT2D eigenvalue weighted by Crippen LogP contribution is -2.46. The van der Waals surface area contributed by atoms with Crippen LogP contribution in [0.25, 0.3) is 0 Å². The highest BCUT2D eigenvalue weighted by Crippen LogP contribution is 2.35. The quantitative estimate of drug-likeness (QED) is 0.289. The summed E-state index contributed by atoms with van der Waals surface area (Å²) in [6.45, 7) is 2.34. The van der Waals surface area contributed by atoms with E-state index in [1.165, 1.54) is 11.2 Å². The van der Waals surface area contributed by atoms with Gasteiger partial charge in [0.15, 0.2) is 12.1 Å². The first-order valence-electron chi connectivity index (χ1n) is 12.4. The summed E-state index contributed by atoms with van der Waals surface area (Å²) in [5.41, 5.74) is 3.41. The number of carbonyl (C=O) groups is 3. The molecule has 4 aromatic rings. The highest BCUT2D eigenvalue weighted by Gasteiger charge is 2.47. The third kappa shape index (κ3) is 6.13. The second kappa shape index (κ2) is 11.4. The number of hydrogen-bond donors (Lipinski definition) is 2. The summed E-state index contributed by atoms with van der Waals surface area (Å²) in [6, 6.07) is 23.8. The lowest BCUT2D eigenvalue weighted by molar-refractivity contribution is -0.126. The molecule has 2 heterocycles. The molecular weight excluding hydrogens is 518 g/mol. The summed E-state index contributed by atoms with van der Waals surface area (Å²) in [7, 11) is 0. The van der Waals surface area contributed by atoms with Crippen molar-refractivity contribution in [1.29, 1.82) is 0 Å². The van der Waals surface area contributed by atoms with Crippen molar-refractivity contribution in [2.45, 2.75) is 32.2 Å². The average molecular weight is 544 g/mol. The van der Waals surface area contributed by atoms with Crippen LogP contribution in [0.5, 0.6) is 0 Å². The highest BCUT2D eigenvalue weighted by molar-refractivity contribution is 6.31. The van der Waals surface area contributed by atoms with Gasteiger partial charge in [-0.05, 0) is 60.5 Å². The van der Waals surface area contributed by atoms with Gasteiger partial charge in [0, 0.05) is 16.3 Å². The smallest absolute Gasteiger partial charge is 0.411 e. The molecule has 0 spiro atoms. The first-order chi connectivity index (χ1) is 18.9. The summed E-state index contributed by atoms with van der Waals surface area (Å²) < 4.78 is 11.1. The minimum atomic E-state index is -0.951. The van der Waals surface area contributed by atoms with Crippen molar-refractivity contribution in [1.82, 2.24) is 10.2 Å². The molecule has 3 amide bonds. The maximum absolute atomic E-state index is 13.5. The molecule has 0 aliphatic carbocycles. The Labute approximate surface area is 230 Å². The lowest BCUT2D eigenvalue weighted by Gasteiger charge is -2.24. The number of anilines is 1. The van der Waals surface area contributed by atoms with Crippen LogP contribution in [-0.2, 0) is 22.6 Å². The Hall–Kier alpha value is -4.56. The Morgan fingerprint density at radius 1 is 0.974 bits per heavy atom. The van der Waals surface area contributed by atoms with Gasteiger partial charge in [0.25, 0.3) is 5.91 Å². The number of cyclic esters (lactones) is 1. The fourth-order valence-corrected chi connectivity index (χ4v) is 4.61. The number of amides is 3. The van der Waals surface area contributed by atoms with Gasteiger partial charge in [0.05, 0.1) is 19.4 Å². The predicted molar refractivity (Wildman–Crippen MR) is 146 cm³/mol. The number of aryl methyl sites for hydroxylation is 1. The molecule has 0 unspecified atom stereocenters. The molecule has 3 aromatic carbocycles. The zero-order chi connectivity index (χ0) is 27.4. The number of ether oxygens (including phenoxy) is 1. The van der Waals surface area contributed by atoms with E-state index >= 15 is 0 Å². The van der Waals surface area contributed by atoms with Crippen molar-refractivity contribution in [2.24, 2.45) is 0 Å². The first kappa shape index (κ1) is 26.1. The molecule has 198 valence electrons. The van der Waals surface area contributed by atoms with E-state index in [1.807, 2.05) is 31.2 Å². The standard InChI is InChI=1S/C30H26ClN3O5/c1-19-10-12-20(13-11-19)18-34-26(29(36)32-17-25-9-4-14-38-25)27(39-30(34)37)21-5-3-8-24(16-21)33-28(35)22-6-2-7-23(31)15-22/h2-16,26-27H,17-18H2,1H3,(H,32,36)(H,33,35)/t26-,27+/m0/s1. The van der Waals surface area contributed by atoms with Gasteiger partial charge in [0.2, 0.25) is 5.91 Å². The number of benzene rings is 3. The van der Waals surface area contributed by atoms with E-state index in [-0.39, 0.29) is 24.9 Å². The SMILES string of the molecule is Cc1ccc(CN2C(=O)O[C@H](c3cccc(NC(=O)c4cccc(Cl)c4)c3)[C@H]2C(=O)NCc2ccco2)cc1. The maximum atomic E-state index is 13.5.